The number of carbonyl (C=O) groups is 2. The molecule has 2 heterocycles. The number of carbonyl (C=O) groups excluding carboxylic acids is 1. The summed E-state index contributed by atoms with van der Waals surface area (Å²) in [5.41, 5.74) is -0.955. The van der Waals surface area contributed by atoms with Gasteiger partial charge in [-0.15, -0.1) is 0 Å². The number of hydrogen-bond acceptors (Lipinski definition) is 8. The van der Waals surface area contributed by atoms with Crippen LogP contribution in [-0.4, -0.2) is 44.9 Å². The molecule has 1 aliphatic heterocycles. The number of aliphatic imine (C=N–C) groups is 1. The number of pyridine rings is 1. The van der Waals surface area contributed by atoms with Gasteiger partial charge in [-0.05, 0) is 62.1 Å². The Morgan fingerprint density at radius 2 is 1.84 bits per heavy atom. The first kappa shape index (κ1) is 34.8. The number of amides is 1. The quantitative estimate of drug-likeness (QED) is 0.184. The van der Waals surface area contributed by atoms with Crippen LogP contribution in [0.15, 0.2) is 53.7 Å². The molecule has 0 fully saturated rings. The fourth-order valence-electron chi connectivity index (χ4n) is 3.97. The molecule has 2 aromatic carbocycles. The second kappa shape index (κ2) is 13.9. The molecule has 1 aromatic heterocycles. The molecule has 0 saturated heterocycles. The number of aryl methyl sites for hydroxylation is 1. The van der Waals surface area contributed by atoms with Gasteiger partial charge in [0.2, 0.25) is 5.75 Å². The topological polar surface area (TPSA) is 153 Å². The molecule has 0 spiro atoms. The number of carboxylic acid groups (broad SMARTS) is 1. The number of hydrogen-bond donors (Lipinski definition) is 2. The largest absolute Gasteiger partial charge is 0.487 e. The Morgan fingerprint density at radius 1 is 1.16 bits per heavy atom. The van der Waals surface area contributed by atoms with Gasteiger partial charge in [0.25, 0.3) is 5.91 Å². The maximum Gasteiger partial charge on any atom is 0.416 e. The van der Waals surface area contributed by atoms with Crippen molar-refractivity contribution >= 4 is 35.0 Å². The standard InChI is InChI=1S/C15H11ClF3NO4.C15H19N3O3/c1-2-23-14-8-10(4-5-12(14)20(21)22)24-13-6-3-9(7-11(13)16)15(17,18)19;1-5-9-6-10(13(19)20)11(16-7-9)12-17-14(21)15(4,18-12)8(2)3/h3-8H,2H2,1H3;6-8H,5H2,1-4H3,(H,19,20)(H,17,18,21). The predicted octanol–water partition coefficient (Wildman–Crippen LogP) is 7.09. The number of ether oxygens (including phenoxy) is 2. The molecular weight excluding hydrogens is 621 g/mol. The van der Waals surface area contributed by atoms with E-state index in [2.05, 4.69) is 15.3 Å². The third-order valence-corrected chi connectivity index (χ3v) is 7.18. The Bertz CT molecular complexity index is 1650. The van der Waals surface area contributed by atoms with Crippen LogP contribution in [-0.2, 0) is 17.4 Å². The number of nitro benzene ring substituents is 1. The minimum atomic E-state index is -4.52. The molecule has 15 heteroatoms. The number of aromatic nitrogens is 1. The van der Waals surface area contributed by atoms with E-state index in [4.69, 9.17) is 21.1 Å². The highest BCUT2D eigenvalue weighted by Gasteiger charge is 2.43. The average Bonchev–Trinajstić information content (AvgIpc) is 3.28. The molecule has 45 heavy (non-hydrogen) atoms. The number of halogens is 4. The first-order valence-electron chi connectivity index (χ1n) is 13.6. The Morgan fingerprint density at radius 3 is 2.36 bits per heavy atom. The van der Waals surface area contributed by atoms with Crippen LogP contribution in [0.4, 0.5) is 18.9 Å². The van der Waals surface area contributed by atoms with Gasteiger partial charge >= 0.3 is 17.8 Å². The number of amidine groups is 1. The zero-order valence-electron chi connectivity index (χ0n) is 24.9. The van der Waals surface area contributed by atoms with Crippen molar-refractivity contribution in [2.24, 2.45) is 10.9 Å². The molecule has 3 aromatic rings. The first-order chi connectivity index (χ1) is 21.0. The minimum absolute atomic E-state index is 0.00167. The van der Waals surface area contributed by atoms with Crippen molar-refractivity contribution in [1.29, 1.82) is 0 Å². The highest BCUT2D eigenvalue weighted by Crippen LogP contribution is 2.38. The Balaban J connectivity index is 0.000000248. The molecule has 11 nitrogen and oxygen atoms in total. The monoisotopic (exact) mass is 650 g/mol. The maximum absolute atomic E-state index is 12.6. The molecule has 0 saturated carbocycles. The first-order valence-corrected chi connectivity index (χ1v) is 14.0. The molecule has 240 valence electrons. The van der Waals surface area contributed by atoms with Crippen LogP contribution < -0.4 is 14.8 Å². The summed E-state index contributed by atoms with van der Waals surface area (Å²) in [6.07, 6.45) is -2.21. The van der Waals surface area contributed by atoms with Crippen LogP contribution in [0, 0.1) is 16.0 Å². The molecule has 0 aliphatic carbocycles. The predicted molar refractivity (Wildman–Crippen MR) is 159 cm³/mol. The van der Waals surface area contributed by atoms with Crippen molar-refractivity contribution in [3.63, 3.8) is 0 Å². The summed E-state index contributed by atoms with van der Waals surface area (Å²) in [5, 5.41) is 22.7. The van der Waals surface area contributed by atoms with E-state index in [0.29, 0.717) is 6.42 Å². The maximum atomic E-state index is 12.6. The zero-order valence-corrected chi connectivity index (χ0v) is 25.6. The SMILES string of the molecule is CCOc1cc(Oc2ccc(C(F)(F)F)cc2Cl)ccc1[N+](=O)[O-].CCc1cnc(C2=NC(C)(C(C)C)C(=O)N2)c(C(=O)O)c1. The number of benzene rings is 2. The molecular formula is C30H30ClF3N4O7. The van der Waals surface area contributed by atoms with Crippen LogP contribution >= 0.6 is 11.6 Å². The highest BCUT2D eigenvalue weighted by atomic mass is 35.5. The Hall–Kier alpha value is -4.72. The molecule has 4 rings (SSSR count). The van der Waals surface area contributed by atoms with Gasteiger partial charge in [0.05, 0.1) is 27.7 Å². The lowest BCUT2D eigenvalue weighted by molar-refractivity contribution is -0.385. The lowest BCUT2D eigenvalue weighted by Crippen LogP contribution is -2.41. The van der Waals surface area contributed by atoms with Crippen LogP contribution in [0.1, 0.15) is 61.8 Å². The number of nitro groups is 1. The fourth-order valence-corrected chi connectivity index (χ4v) is 4.19. The van der Waals surface area contributed by atoms with Crippen LogP contribution in [0.5, 0.6) is 17.2 Å². The van der Waals surface area contributed by atoms with Gasteiger partial charge in [-0.3, -0.25) is 19.9 Å². The summed E-state index contributed by atoms with van der Waals surface area (Å²) in [4.78, 5) is 42.4. The number of rotatable bonds is 9. The third-order valence-electron chi connectivity index (χ3n) is 6.88. The number of alkyl halides is 3. The van der Waals surface area contributed by atoms with E-state index in [-0.39, 0.29) is 63.5 Å². The summed E-state index contributed by atoms with van der Waals surface area (Å²) >= 11 is 5.80. The molecule has 1 amide bonds. The van der Waals surface area contributed by atoms with E-state index < -0.39 is 28.2 Å². The van der Waals surface area contributed by atoms with E-state index in [9.17, 15) is 38.0 Å². The summed E-state index contributed by atoms with van der Waals surface area (Å²) in [6.45, 7) is 9.32. The van der Waals surface area contributed by atoms with E-state index in [1.54, 1.807) is 26.1 Å². The van der Waals surface area contributed by atoms with Crippen molar-refractivity contribution < 1.29 is 42.3 Å². The smallest absolute Gasteiger partial charge is 0.416 e. The lowest BCUT2D eigenvalue weighted by Gasteiger charge is -2.21. The molecule has 0 bridgehead atoms. The number of nitrogens with one attached hydrogen (secondary N) is 1. The van der Waals surface area contributed by atoms with Crippen LogP contribution in [0.25, 0.3) is 0 Å². The average molecular weight is 651 g/mol. The molecule has 1 aliphatic rings. The molecule has 2 N–H and O–H groups in total. The second-order valence-electron chi connectivity index (χ2n) is 10.2. The van der Waals surface area contributed by atoms with E-state index >= 15 is 0 Å². The van der Waals surface area contributed by atoms with Crippen molar-refractivity contribution in [2.45, 2.75) is 52.8 Å². The Kier molecular flexibility index (Phi) is 10.8. The highest BCUT2D eigenvalue weighted by molar-refractivity contribution is 6.32. The van der Waals surface area contributed by atoms with Crippen molar-refractivity contribution in [3.05, 3.63) is 86.2 Å². The van der Waals surface area contributed by atoms with Crippen LogP contribution in [0.2, 0.25) is 5.02 Å². The molecule has 0 radical (unpaired) electrons. The van der Waals surface area contributed by atoms with Gasteiger partial charge in [0, 0.05) is 18.3 Å². The van der Waals surface area contributed by atoms with Gasteiger partial charge in [-0.2, -0.15) is 13.2 Å². The normalized spacial score (nSPS) is 16.0. The number of aromatic carboxylic acids is 1. The molecule has 1 unspecified atom stereocenters. The zero-order chi connectivity index (χ0) is 33.7. The molecule has 1 atom stereocenters. The van der Waals surface area contributed by atoms with Gasteiger partial charge in [0.1, 0.15) is 22.7 Å². The van der Waals surface area contributed by atoms with Gasteiger partial charge in [0.15, 0.2) is 5.84 Å². The second-order valence-corrected chi connectivity index (χ2v) is 10.6. The third kappa shape index (κ3) is 8.06. The van der Waals surface area contributed by atoms with Crippen molar-refractivity contribution in [1.82, 2.24) is 10.3 Å². The van der Waals surface area contributed by atoms with Crippen LogP contribution in [0.3, 0.4) is 0 Å². The van der Waals surface area contributed by atoms with E-state index in [1.165, 1.54) is 18.2 Å². The van der Waals surface area contributed by atoms with Gasteiger partial charge in [-0.25, -0.2) is 9.79 Å². The minimum Gasteiger partial charge on any atom is -0.487 e. The van der Waals surface area contributed by atoms with Crippen molar-refractivity contribution in [3.8, 4) is 17.2 Å². The summed E-state index contributed by atoms with van der Waals surface area (Å²) in [6, 6.07) is 7.97. The van der Waals surface area contributed by atoms with E-state index in [0.717, 1.165) is 23.8 Å². The number of nitrogens with zero attached hydrogens (tertiary/aromatic N) is 3. The van der Waals surface area contributed by atoms with E-state index in [1.807, 2.05) is 20.8 Å². The summed E-state index contributed by atoms with van der Waals surface area (Å²) in [7, 11) is 0. The fraction of sp³-hybridized carbons (Fsp3) is 0.333. The summed E-state index contributed by atoms with van der Waals surface area (Å²) < 4.78 is 48.4. The van der Waals surface area contributed by atoms with Gasteiger partial charge < -0.3 is 19.9 Å². The van der Waals surface area contributed by atoms with Crippen molar-refractivity contribution in [2.75, 3.05) is 6.61 Å². The van der Waals surface area contributed by atoms with Gasteiger partial charge in [-0.1, -0.05) is 32.4 Å². The summed E-state index contributed by atoms with van der Waals surface area (Å²) in [5.74, 6) is -0.961. The Labute approximate surface area is 261 Å². The lowest BCUT2D eigenvalue weighted by atomic mass is 9.89. The number of carboxylic acids is 1.